The van der Waals surface area contributed by atoms with Crippen LogP contribution >= 0.6 is 0 Å². The summed E-state index contributed by atoms with van der Waals surface area (Å²) >= 11 is 0. The van der Waals surface area contributed by atoms with Crippen molar-refractivity contribution in [2.45, 2.75) is 25.9 Å². The predicted octanol–water partition coefficient (Wildman–Crippen LogP) is 0.990. The number of hydrogen-bond donors (Lipinski definition) is 0. The summed E-state index contributed by atoms with van der Waals surface area (Å²) in [6.07, 6.45) is 3.43. The van der Waals surface area contributed by atoms with E-state index in [0.717, 1.165) is 0 Å². The highest BCUT2D eigenvalue weighted by Gasteiger charge is 2.23. The van der Waals surface area contributed by atoms with Gasteiger partial charge < -0.3 is 0 Å². The zero-order valence-electron chi connectivity index (χ0n) is 7.30. The molecule has 0 N–H and O–H groups in total. The molecule has 10 heavy (non-hydrogen) atoms. The molecule has 0 saturated carbocycles. The summed E-state index contributed by atoms with van der Waals surface area (Å²) in [5.74, 6) is 0. The van der Waals surface area contributed by atoms with Crippen LogP contribution in [0.25, 0.3) is 0 Å². The number of likely N-dealkylation sites (tertiary alicyclic amines) is 1. The maximum Gasteiger partial charge on any atom is 0.0617 e. The maximum absolute atomic E-state index is 2.53. The van der Waals surface area contributed by atoms with Gasteiger partial charge in [-0.2, -0.15) is 0 Å². The lowest BCUT2D eigenvalue weighted by Gasteiger charge is -2.28. The lowest BCUT2D eigenvalue weighted by atomic mass is 10.3. The van der Waals surface area contributed by atoms with Crippen LogP contribution in [0.5, 0.6) is 0 Å². The van der Waals surface area contributed by atoms with Gasteiger partial charge in [-0.3, -0.25) is 9.80 Å². The standard InChI is InChI=1S/C8H18N2/c1-4-10-7-5-6-8(10)9(2)3/h8H,4-7H2,1-3H3. The fraction of sp³-hybridized carbons (Fsp3) is 1.00. The van der Waals surface area contributed by atoms with Crippen molar-refractivity contribution in [3.05, 3.63) is 0 Å². The van der Waals surface area contributed by atoms with Crippen molar-refractivity contribution < 1.29 is 0 Å². The minimum atomic E-state index is 0.713. The van der Waals surface area contributed by atoms with Gasteiger partial charge in [0.25, 0.3) is 0 Å². The minimum absolute atomic E-state index is 0.713. The molecule has 60 valence electrons. The first kappa shape index (κ1) is 8.02. The summed E-state index contributed by atoms with van der Waals surface area (Å²) in [5, 5.41) is 0. The van der Waals surface area contributed by atoms with Gasteiger partial charge in [-0.05, 0) is 40.0 Å². The first-order chi connectivity index (χ1) is 4.75. The van der Waals surface area contributed by atoms with Crippen molar-refractivity contribution in [1.82, 2.24) is 9.80 Å². The van der Waals surface area contributed by atoms with Crippen molar-refractivity contribution in [2.75, 3.05) is 27.2 Å². The summed E-state index contributed by atoms with van der Waals surface area (Å²) < 4.78 is 0. The van der Waals surface area contributed by atoms with Crippen molar-refractivity contribution >= 4 is 0 Å². The average Bonchev–Trinajstić information content (AvgIpc) is 2.33. The molecule has 0 aromatic heterocycles. The van der Waals surface area contributed by atoms with Crippen molar-refractivity contribution in [3.8, 4) is 0 Å². The molecular formula is C8H18N2. The molecule has 1 fully saturated rings. The van der Waals surface area contributed by atoms with Crippen LogP contribution in [0.15, 0.2) is 0 Å². The first-order valence-corrected chi connectivity index (χ1v) is 4.16. The molecule has 0 aromatic rings. The second-order valence-electron chi connectivity index (χ2n) is 3.22. The van der Waals surface area contributed by atoms with E-state index in [1.807, 2.05) is 0 Å². The van der Waals surface area contributed by atoms with Crippen LogP contribution < -0.4 is 0 Å². The fourth-order valence-electron chi connectivity index (χ4n) is 1.76. The Morgan fingerprint density at radius 2 is 2.20 bits per heavy atom. The SMILES string of the molecule is CCN1CCCC1N(C)C. The van der Waals surface area contributed by atoms with E-state index < -0.39 is 0 Å². The van der Waals surface area contributed by atoms with E-state index in [2.05, 4.69) is 30.8 Å². The van der Waals surface area contributed by atoms with Gasteiger partial charge in [-0.25, -0.2) is 0 Å². The second-order valence-corrected chi connectivity index (χ2v) is 3.22. The number of rotatable bonds is 2. The molecule has 1 atom stereocenters. The molecule has 0 bridgehead atoms. The van der Waals surface area contributed by atoms with E-state index in [1.165, 1.54) is 25.9 Å². The van der Waals surface area contributed by atoms with Gasteiger partial charge in [0.2, 0.25) is 0 Å². The molecule has 1 saturated heterocycles. The Balaban J connectivity index is 2.42. The van der Waals surface area contributed by atoms with Gasteiger partial charge in [0.15, 0.2) is 0 Å². The van der Waals surface area contributed by atoms with Gasteiger partial charge >= 0.3 is 0 Å². The quantitative estimate of drug-likeness (QED) is 0.567. The summed E-state index contributed by atoms with van der Waals surface area (Å²) in [6.45, 7) is 4.73. The van der Waals surface area contributed by atoms with Gasteiger partial charge in [0.05, 0.1) is 6.17 Å². The Morgan fingerprint density at radius 3 is 2.60 bits per heavy atom. The van der Waals surface area contributed by atoms with Crippen molar-refractivity contribution in [1.29, 1.82) is 0 Å². The van der Waals surface area contributed by atoms with E-state index in [-0.39, 0.29) is 0 Å². The molecule has 2 nitrogen and oxygen atoms in total. The third kappa shape index (κ3) is 1.50. The molecule has 1 unspecified atom stereocenters. The first-order valence-electron chi connectivity index (χ1n) is 4.16. The molecule has 0 aromatic carbocycles. The molecule has 1 rings (SSSR count). The Hall–Kier alpha value is -0.0800. The normalized spacial score (nSPS) is 28.2. The van der Waals surface area contributed by atoms with E-state index in [0.29, 0.717) is 6.17 Å². The van der Waals surface area contributed by atoms with E-state index in [9.17, 15) is 0 Å². The summed E-state index contributed by atoms with van der Waals surface area (Å²) in [5.41, 5.74) is 0. The highest BCUT2D eigenvalue weighted by molar-refractivity contribution is 4.75. The number of hydrogen-bond acceptors (Lipinski definition) is 2. The van der Waals surface area contributed by atoms with Crippen LogP contribution in [0.3, 0.4) is 0 Å². The summed E-state index contributed by atoms with van der Waals surface area (Å²) in [6, 6.07) is 0. The van der Waals surface area contributed by atoms with Crippen LogP contribution in [0.2, 0.25) is 0 Å². The lowest BCUT2D eigenvalue weighted by molar-refractivity contribution is 0.126. The Labute approximate surface area is 63.8 Å². The monoisotopic (exact) mass is 142 g/mol. The summed E-state index contributed by atoms with van der Waals surface area (Å²) in [7, 11) is 4.33. The van der Waals surface area contributed by atoms with Crippen LogP contribution in [-0.2, 0) is 0 Å². The zero-order chi connectivity index (χ0) is 7.56. The third-order valence-corrected chi connectivity index (χ3v) is 2.33. The smallest absolute Gasteiger partial charge is 0.0617 e. The van der Waals surface area contributed by atoms with Gasteiger partial charge in [0, 0.05) is 0 Å². The number of nitrogens with zero attached hydrogens (tertiary/aromatic N) is 2. The molecule has 2 heteroatoms. The van der Waals surface area contributed by atoms with Gasteiger partial charge in [-0.1, -0.05) is 6.92 Å². The molecule has 0 amide bonds. The Bertz CT molecular complexity index is 101. The Kier molecular flexibility index (Phi) is 2.69. The lowest BCUT2D eigenvalue weighted by Crippen LogP contribution is -2.39. The van der Waals surface area contributed by atoms with Crippen LogP contribution in [0.1, 0.15) is 19.8 Å². The zero-order valence-corrected chi connectivity index (χ0v) is 7.30. The van der Waals surface area contributed by atoms with Crippen LogP contribution in [0.4, 0.5) is 0 Å². The molecule has 1 heterocycles. The molecule has 0 radical (unpaired) electrons. The topological polar surface area (TPSA) is 6.48 Å². The molecule has 0 spiro atoms. The van der Waals surface area contributed by atoms with Crippen molar-refractivity contribution in [2.24, 2.45) is 0 Å². The van der Waals surface area contributed by atoms with E-state index in [4.69, 9.17) is 0 Å². The molecule has 1 aliphatic heterocycles. The van der Waals surface area contributed by atoms with Gasteiger partial charge in [-0.15, -0.1) is 0 Å². The van der Waals surface area contributed by atoms with Gasteiger partial charge in [0.1, 0.15) is 0 Å². The van der Waals surface area contributed by atoms with Crippen molar-refractivity contribution in [3.63, 3.8) is 0 Å². The largest absolute Gasteiger partial charge is 0.294 e. The highest BCUT2D eigenvalue weighted by atomic mass is 15.3. The second kappa shape index (κ2) is 3.35. The average molecular weight is 142 g/mol. The minimum Gasteiger partial charge on any atom is -0.294 e. The summed E-state index contributed by atoms with van der Waals surface area (Å²) in [4.78, 5) is 4.84. The fourth-order valence-corrected chi connectivity index (χ4v) is 1.76. The van der Waals surface area contributed by atoms with E-state index >= 15 is 0 Å². The van der Waals surface area contributed by atoms with E-state index in [1.54, 1.807) is 0 Å². The molecule has 1 aliphatic rings. The molecular weight excluding hydrogens is 124 g/mol. The van der Waals surface area contributed by atoms with Crippen LogP contribution in [-0.4, -0.2) is 43.2 Å². The molecule has 0 aliphatic carbocycles. The Morgan fingerprint density at radius 1 is 1.50 bits per heavy atom. The maximum atomic E-state index is 2.53. The predicted molar refractivity (Wildman–Crippen MR) is 44.0 cm³/mol. The third-order valence-electron chi connectivity index (χ3n) is 2.33. The van der Waals surface area contributed by atoms with Crippen LogP contribution in [0, 0.1) is 0 Å². The highest BCUT2D eigenvalue weighted by Crippen LogP contribution is 2.17.